The summed E-state index contributed by atoms with van der Waals surface area (Å²) in [4.78, 5) is 30.6. The molecule has 0 unspecified atom stereocenters. The highest BCUT2D eigenvalue weighted by Crippen LogP contribution is 2.30. The summed E-state index contributed by atoms with van der Waals surface area (Å²) in [5.74, 6) is 0.584. The second-order valence-electron chi connectivity index (χ2n) is 11.4. The standard InChI is InChI=1S/C24H27F3N4O.C10H18N2O2/c1-16-10-19(11-17(2)28-16)21-4-5-31-22(21)12-20(14-32)18(3)23(31)13-29-6-8-30(9-7-29)15-24(25,26)27;1-8(12-3)5-10(14-4)9(7-13)6-11-2/h4-5,10-12,14H,6-9,13,15H2,1-3H3;5,7,11-12H,6H2,1-4H3/b;8-5-,10-9+. The third-order valence-corrected chi connectivity index (χ3v) is 7.92. The minimum atomic E-state index is -4.17. The topological polar surface area (TPSA) is 91.2 Å². The van der Waals surface area contributed by atoms with Crippen molar-refractivity contribution in [3.05, 3.63) is 81.8 Å². The lowest BCUT2D eigenvalue weighted by Gasteiger charge is -2.35. The van der Waals surface area contributed by atoms with Crippen molar-refractivity contribution >= 4 is 18.1 Å². The molecule has 1 aliphatic rings. The lowest BCUT2D eigenvalue weighted by molar-refractivity contribution is -0.149. The fourth-order valence-electron chi connectivity index (χ4n) is 5.48. The van der Waals surface area contributed by atoms with Crippen LogP contribution in [0.5, 0.6) is 0 Å². The fourth-order valence-corrected chi connectivity index (χ4v) is 5.48. The van der Waals surface area contributed by atoms with E-state index < -0.39 is 12.7 Å². The van der Waals surface area contributed by atoms with E-state index in [1.807, 2.05) is 65.2 Å². The highest BCUT2D eigenvalue weighted by Gasteiger charge is 2.32. The number of ether oxygens (including phenoxy) is 1. The first kappa shape index (κ1) is 36.5. The zero-order valence-electron chi connectivity index (χ0n) is 27.7. The molecule has 4 rings (SSSR count). The van der Waals surface area contributed by atoms with Gasteiger partial charge in [0, 0.05) is 92.0 Å². The number of hydrogen-bond acceptors (Lipinski definition) is 8. The average molecular weight is 643 g/mol. The number of aromatic nitrogens is 2. The first-order chi connectivity index (χ1) is 21.8. The number of carbonyl (C=O) groups excluding carboxylic acids is 2. The van der Waals surface area contributed by atoms with E-state index in [9.17, 15) is 22.8 Å². The van der Waals surface area contributed by atoms with E-state index in [1.54, 1.807) is 20.2 Å². The monoisotopic (exact) mass is 642 g/mol. The third-order valence-electron chi connectivity index (χ3n) is 7.92. The van der Waals surface area contributed by atoms with Crippen LogP contribution in [0.2, 0.25) is 0 Å². The van der Waals surface area contributed by atoms with Crippen LogP contribution in [-0.2, 0) is 16.1 Å². The van der Waals surface area contributed by atoms with Crippen LogP contribution in [0.15, 0.2) is 53.6 Å². The normalized spacial score (nSPS) is 15.2. The number of allylic oxidation sites excluding steroid dienone is 2. The smallest absolute Gasteiger partial charge is 0.401 e. The van der Waals surface area contributed by atoms with E-state index in [1.165, 1.54) is 4.90 Å². The third kappa shape index (κ3) is 9.75. The van der Waals surface area contributed by atoms with Gasteiger partial charge in [0.2, 0.25) is 0 Å². The Morgan fingerprint density at radius 1 is 1.02 bits per heavy atom. The van der Waals surface area contributed by atoms with Gasteiger partial charge in [-0.15, -0.1) is 0 Å². The molecule has 46 heavy (non-hydrogen) atoms. The summed E-state index contributed by atoms with van der Waals surface area (Å²) in [7, 11) is 5.15. The number of carbonyl (C=O) groups is 2. The van der Waals surface area contributed by atoms with Crippen molar-refractivity contribution in [1.29, 1.82) is 0 Å². The van der Waals surface area contributed by atoms with Gasteiger partial charge in [0.1, 0.15) is 12.0 Å². The first-order valence-corrected chi connectivity index (χ1v) is 15.1. The molecule has 1 fully saturated rings. The zero-order valence-corrected chi connectivity index (χ0v) is 27.7. The number of rotatable bonds is 11. The van der Waals surface area contributed by atoms with Gasteiger partial charge in [-0.3, -0.25) is 24.4 Å². The van der Waals surface area contributed by atoms with E-state index >= 15 is 0 Å². The Kier molecular flexibility index (Phi) is 13.1. The molecule has 2 N–H and O–H groups in total. The van der Waals surface area contributed by atoms with Crippen molar-refractivity contribution in [2.45, 2.75) is 40.4 Å². The van der Waals surface area contributed by atoms with Gasteiger partial charge in [-0.1, -0.05) is 0 Å². The average Bonchev–Trinajstić information content (AvgIpc) is 3.43. The lowest BCUT2D eigenvalue weighted by Crippen LogP contribution is -2.48. The van der Waals surface area contributed by atoms with Gasteiger partial charge in [0.05, 0.1) is 19.2 Å². The first-order valence-electron chi connectivity index (χ1n) is 15.1. The number of halogens is 3. The Balaban J connectivity index is 0.000000349. The number of pyridine rings is 2. The number of aryl methyl sites for hydroxylation is 2. The van der Waals surface area contributed by atoms with Crippen molar-refractivity contribution in [3.8, 4) is 11.1 Å². The van der Waals surface area contributed by atoms with E-state index in [4.69, 9.17) is 4.74 Å². The van der Waals surface area contributed by atoms with Gasteiger partial charge in [-0.2, -0.15) is 13.2 Å². The number of hydrogen-bond donors (Lipinski definition) is 2. The molecular formula is C34H45F3N6O3. The molecule has 0 bridgehead atoms. The van der Waals surface area contributed by atoms with Crippen LogP contribution in [0.4, 0.5) is 13.2 Å². The highest BCUT2D eigenvalue weighted by molar-refractivity contribution is 5.87. The van der Waals surface area contributed by atoms with Gasteiger partial charge in [0.15, 0.2) is 6.29 Å². The summed E-state index contributed by atoms with van der Waals surface area (Å²) in [5.41, 5.74) is 8.93. The minimum absolute atomic E-state index is 0.377. The van der Waals surface area contributed by atoms with E-state index in [0.717, 1.165) is 57.6 Å². The zero-order chi connectivity index (χ0) is 34.0. The molecule has 0 saturated carbocycles. The molecule has 1 aliphatic heterocycles. The molecule has 0 amide bonds. The maximum absolute atomic E-state index is 12.7. The molecule has 3 aromatic rings. The van der Waals surface area contributed by atoms with Crippen molar-refractivity contribution < 1.29 is 27.5 Å². The van der Waals surface area contributed by atoms with Gasteiger partial charge in [-0.25, -0.2) is 0 Å². The van der Waals surface area contributed by atoms with Crippen LogP contribution in [0.3, 0.4) is 0 Å². The summed E-state index contributed by atoms with van der Waals surface area (Å²) in [6, 6.07) is 8.01. The largest absolute Gasteiger partial charge is 0.496 e. The van der Waals surface area contributed by atoms with Crippen LogP contribution in [-0.4, -0.2) is 98.4 Å². The summed E-state index contributed by atoms with van der Waals surface area (Å²) in [6.45, 7) is 9.82. The van der Waals surface area contributed by atoms with E-state index in [-0.39, 0.29) is 0 Å². The quantitative estimate of drug-likeness (QED) is 0.133. The summed E-state index contributed by atoms with van der Waals surface area (Å²) in [6.07, 6.45) is 1.30. The SMILES string of the molecule is CNC/C(C=O)=C(/C=C(/C)NC)OC.Cc1cc(-c2ccn3c(CN4CCN(CC(F)(F)F)CC4)c(C)c(C=O)cc23)cc(C)n1. The maximum Gasteiger partial charge on any atom is 0.401 e. The second-order valence-corrected chi connectivity index (χ2v) is 11.4. The number of methoxy groups -OCH3 is 1. The van der Waals surface area contributed by atoms with E-state index in [0.29, 0.717) is 56.2 Å². The number of aldehydes is 2. The molecule has 0 aromatic carbocycles. The molecule has 250 valence electrons. The number of alkyl halides is 3. The lowest BCUT2D eigenvalue weighted by atomic mass is 10.0. The van der Waals surface area contributed by atoms with Gasteiger partial charge in [0.25, 0.3) is 0 Å². The number of fused-ring (bicyclic) bond motifs is 1. The van der Waals surface area contributed by atoms with Crippen LogP contribution in [0, 0.1) is 20.8 Å². The van der Waals surface area contributed by atoms with Gasteiger partial charge >= 0.3 is 6.18 Å². The number of nitrogens with zero attached hydrogens (tertiary/aromatic N) is 4. The Hall–Kier alpha value is -4.00. The highest BCUT2D eigenvalue weighted by atomic mass is 19.4. The van der Waals surface area contributed by atoms with E-state index in [2.05, 4.69) is 24.9 Å². The number of likely N-dealkylation sites (N-methyl/N-ethyl adjacent to an activating group) is 1. The number of piperazine rings is 1. The van der Waals surface area contributed by atoms with Crippen molar-refractivity contribution in [2.24, 2.45) is 0 Å². The van der Waals surface area contributed by atoms with Crippen LogP contribution < -0.4 is 10.6 Å². The Labute approximate surface area is 269 Å². The molecule has 4 heterocycles. The van der Waals surface area contributed by atoms with Crippen molar-refractivity contribution in [2.75, 3.05) is 60.5 Å². The summed E-state index contributed by atoms with van der Waals surface area (Å²) < 4.78 is 45.3. The van der Waals surface area contributed by atoms with Crippen molar-refractivity contribution in [1.82, 2.24) is 29.8 Å². The molecular weight excluding hydrogens is 597 g/mol. The Bertz CT molecular complexity index is 1550. The molecule has 12 heteroatoms. The van der Waals surface area contributed by atoms with Crippen LogP contribution in [0.1, 0.15) is 39.9 Å². The molecule has 0 atom stereocenters. The molecule has 0 radical (unpaired) electrons. The van der Waals surface area contributed by atoms with Crippen LogP contribution >= 0.6 is 0 Å². The minimum Gasteiger partial charge on any atom is -0.496 e. The Morgan fingerprint density at radius 2 is 1.65 bits per heavy atom. The van der Waals surface area contributed by atoms with Crippen LogP contribution in [0.25, 0.3) is 16.6 Å². The maximum atomic E-state index is 12.7. The summed E-state index contributed by atoms with van der Waals surface area (Å²) in [5, 5.41) is 5.87. The Morgan fingerprint density at radius 3 is 2.17 bits per heavy atom. The fraction of sp³-hybridized carbons (Fsp3) is 0.441. The molecule has 9 nitrogen and oxygen atoms in total. The van der Waals surface area contributed by atoms with Gasteiger partial charge < -0.3 is 19.8 Å². The molecule has 0 spiro atoms. The molecule has 1 saturated heterocycles. The predicted octanol–water partition coefficient (Wildman–Crippen LogP) is 4.85. The second kappa shape index (κ2) is 16.5. The van der Waals surface area contributed by atoms with Crippen molar-refractivity contribution in [3.63, 3.8) is 0 Å². The summed E-state index contributed by atoms with van der Waals surface area (Å²) >= 11 is 0. The molecule has 0 aliphatic carbocycles. The molecule has 3 aromatic heterocycles. The number of nitrogens with one attached hydrogen (secondary N) is 2. The van der Waals surface area contributed by atoms with Gasteiger partial charge in [-0.05, 0) is 76.2 Å². The predicted molar refractivity (Wildman–Crippen MR) is 175 cm³/mol.